The number of aromatic nitrogens is 1. The number of pyridine rings is 1. The Balaban J connectivity index is 1.57. The highest BCUT2D eigenvalue weighted by Crippen LogP contribution is 2.42. The molecule has 7 nitrogen and oxygen atoms in total. The Bertz CT molecular complexity index is 2100. The number of ether oxygens (including phenoxy) is 1. The van der Waals surface area contributed by atoms with Crippen LogP contribution in [-0.4, -0.2) is 34.0 Å². The van der Waals surface area contributed by atoms with E-state index in [0.717, 1.165) is 4.57 Å². The fourth-order valence-corrected chi connectivity index (χ4v) is 5.42. The molecule has 0 spiro atoms. The number of hydrogen-bond acceptors (Lipinski definition) is 4. The van der Waals surface area contributed by atoms with Crippen molar-refractivity contribution in [3.8, 4) is 16.9 Å². The number of aliphatic carboxylic acids is 1. The Hall–Kier alpha value is -5.47. The summed E-state index contributed by atoms with van der Waals surface area (Å²) < 4.78 is 115. The lowest BCUT2D eigenvalue weighted by atomic mass is 9.90. The molecule has 15 heteroatoms. The molecule has 5 aromatic rings. The topological polar surface area (TPSA) is 97.6 Å². The molecule has 0 unspecified atom stereocenters. The van der Waals surface area contributed by atoms with Crippen LogP contribution in [0.15, 0.2) is 77.6 Å². The van der Waals surface area contributed by atoms with Gasteiger partial charge in [-0.15, -0.1) is 13.2 Å². The summed E-state index contributed by atoms with van der Waals surface area (Å²) in [6.07, 6.45) is -10.8. The smallest absolute Gasteiger partial charge is 0.480 e. The number of aryl methyl sites for hydroxylation is 1. The lowest BCUT2D eigenvalue weighted by Crippen LogP contribution is -2.43. The van der Waals surface area contributed by atoms with Crippen molar-refractivity contribution in [1.82, 2.24) is 9.88 Å². The van der Waals surface area contributed by atoms with Gasteiger partial charge in [0.1, 0.15) is 29.0 Å². The minimum Gasteiger partial charge on any atom is -0.480 e. The number of rotatable bonds is 7. The standard InChI is InChI=1S/C32H20F8N2O5/c1-42-24-11-3-2-7-20(24)27(31(35,36)37)25(29(42)44)19-10-5-8-17-15(6-4-9-18(17)19)12-23(30(45)46)41-28(43)26-21(33)13-16(14-22(26)34)47-32(38,39)40/h2-11,13-14,23H,12H2,1H3,(H,41,43)(H,45,46)/t23-/m0/s1. The molecule has 47 heavy (non-hydrogen) atoms. The first kappa shape index (κ1) is 32.9. The van der Waals surface area contributed by atoms with Crippen molar-refractivity contribution >= 4 is 33.6 Å². The van der Waals surface area contributed by atoms with Gasteiger partial charge in [-0.1, -0.05) is 54.6 Å². The molecule has 2 N–H and O–H groups in total. The third-order valence-corrected chi connectivity index (χ3v) is 7.37. The molecule has 244 valence electrons. The van der Waals surface area contributed by atoms with Crippen LogP contribution in [0.4, 0.5) is 35.1 Å². The van der Waals surface area contributed by atoms with E-state index < -0.39 is 76.5 Å². The van der Waals surface area contributed by atoms with Crippen LogP contribution in [0.5, 0.6) is 5.75 Å². The first-order valence-corrected chi connectivity index (χ1v) is 13.5. The van der Waals surface area contributed by atoms with E-state index in [2.05, 4.69) is 4.74 Å². The fourth-order valence-electron chi connectivity index (χ4n) is 5.42. The summed E-state index contributed by atoms with van der Waals surface area (Å²) in [5.41, 5.74) is -4.03. The SMILES string of the molecule is Cn1c(=O)c(-c2cccc3c(C[C@H](NC(=O)c4c(F)cc(OC(F)(F)F)cc4F)C(=O)O)cccc23)c(C(F)(F)F)c2ccccc21. The summed E-state index contributed by atoms with van der Waals surface area (Å²) in [5.74, 6) is -8.11. The summed E-state index contributed by atoms with van der Waals surface area (Å²) >= 11 is 0. The van der Waals surface area contributed by atoms with Gasteiger partial charge in [0, 0.05) is 31.0 Å². The zero-order valence-corrected chi connectivity index (χ0v) is 23.8. The van der Waals surface area contributed by atoms with Gasteiger partial charge in [0.15, 0.2) is 0 Å². The van der Waals surface area contributed by atoms with Crippen LogP contribution in [0.3, 0.4) is 0 Å². The summed E-state index contributed by atoms with van der Waals surface area (Å²) in [4.78, 5) is 38.3. The molecular weight excluding hydrogens is 644 g/mol. The summed E-state index contributed by atoms with van der Waals surface area (Å²) in [5, 5.41) is 11.9. The first-order chi connectivity index (χ1) is 22.0. The molecule has 0 aliphatic rings. The Morgan fingerprint density at radius 2 is 1.47 bits per heavy atom. The zero-order chi connectivity index (χ0) is 34.4. The lowest BCUT2D eigenvalue weighted by molar-refractivity contribution is -0.274. The van der Waals surface area contributed by atoms with Crippen molar-refractivity contribution < 1.29 is 54.6 Å². The quantitative estimate of drug-likeness (QED) is 0.183. The molecule has 5 rings (SSSR count). The van der Waals surface area contributed by atoms with Crippen molar-refractivity contribution in [2.24, 2.45) is 7.05 Å². The molecule has 4 aromatic carbocycles. The van der Waals surface area contributed by atoms with Crippen LogP contribution < -0.4 is 15.6 Å². The maximum absolute atomic E-state index is 14.6. The summed E-state index contributed by atoms with van der Waals surface area (Å²) in [7, 11) is 1.33. The molecule has 0 saturated heterocycles. The third-order valence-electron chi connectivity index (χ3n) is 7.37. The average molecular weight is 665 g/mol. The molecule has 0 fully saturated rings. The van der Waals surface area contributed by atoms with E-state index in [9.17, 15) is 54.6 Å². The molecule has 0 saturated carbocycles. The Labute approximate surface area is 258 Å². The van der Waals surface area contributed by atoms with Crippen molar-refractivity contribution in [1.29, 1.82) is 0 Å². The van der Waals surface area contributed by atoms with Crippen molar-refractivity contribution in [2.45, 2.75) is 25.0 Å². The number of benzene rings is 4. The molecule has 1 aromatic heterocycles. The van der Waals surface area contributed by atoms with Crippen LogP contribution in [-0.2, 0) is 24.4 Å². The number of fused-ring (bicyclic) bond motifs is 2. The minimum absolute atomic E-state index is 0.0462. The van der Waals surface area contributed by atoms with E-state index in [4.69, 9.17) is 0 Å². The number of carboxylic acids is 1. The number of carboxylic acid groups (broad SMARTS) is 1. The molecule has 0 bridgehead atoms. The largest absolute Gasteiger partial charge is 0.573 e. The molecule has 0 aliphatic heterocycles. The van der Waals surface area contributed by atoms with Crippen LogP contribution in [0.2, 0.25) is 0 Å². The van der Waals surface area contributed by atoms with E-state index in [1.165, 1.54) is 67.7 Å². The highest BCUT2D eigenvalue weighted by atomic mass is 19.4. The van der Waals surface area contributed by atoms with Crippen LogP contribution >= 0.6 is 0 Å². The van der Waals surface area contributed by atoms with Gasteiger partial charge < -0.3 is 19.7 Å². The van der Waals surface area contributed by atoms with Gasteiger partial charge in [-0.05, 0) is 28.0 Å². The predicted octanol–water partition coefficient (Wildman–Crippen LogP) is 6.98. The average Bonchev–Trinajstić information content (AvgIpc) is 2.96. The first-order valence-electron chi connectivity index (χ1n) is 13.5. The molecule has 0 aliphatic carbocycles. The number of amides is 1. The van der Waals surface area contributed by atoms with Crippen molar-refractivity contribution in [3.63, 3.8) is 0 Å². The van der Waals surface area contributed by atoms with Gasteiger partial charge in [-0.2, -0.15) is 13.2 Å². The molecule has 0 radical (unpaired) electrons. The van der Waals surface area contributed by atoms with Gasteiger partial charge in [0.2, 0.25) is 0 Å². The van der Waals surface area contributed by atoms with Crippen molar-refractivity contribution in [3.05, 3.63) is 111 Å². The number of nitrogens with one attached hydrogen (secondary N) is 1. The molecule has 1 amide bonds. The maximum atomic E-state index is 14.6. The number of carbonyl (C=O) groups is 2. The predicted molar refractivity (Wildman–Crippen MR) is 153 cm³/mol. The number of alkyl halides is 6. The van der Waals surface area contributed by atoms with E-state index in [0.29, 0.717) is 0 Å². The highest BCUT2D eigenvalue weighted by Gasteiger charge is 2.38. The van der Waals surface area contributed by atoms with E-state index in [1.54, 1.807) is 0 Å². The number of carbonyl (C=O) groups excluding carboxylic acids is 1. The van der Waals surface area contributed by atoms with Gasteiger partial charge in [-0.25, -0.2) is 13.6 Å². The summed E-state index contributed by atoms with van der Waals surface area (Å²) in [6, 6.07) is 12.2. The van der Waals surface area contributed by atoms with Gasteiger partial charge in [0.05, 0.1) is 16.6 Å². The number of nitrogens with zero attached hydrogens (tertiary/aromatic N) is 1. The number of para-hydroxylation sites is 1. The summed E-state index contributed by atoms with van der Waals surface area (Å²) in [6.45, 7) is 0. The molecule has 1 heterocycles. The second-order valence-corrected chi connectivity index (χ2v) is 10.3. The second kappa shape index (κ2) is 12.0. The van der Waals surface area contributed by atoms with E-state index >= 15 is 0 Å². The molecular formula is C32H20F8N2O5. The van der Waals surface area contributed by atoms with Gasteiger partial charge in [-0.3, -0.25) is 9.59 Å². The van der Waals surface area contributed by atoms with Gasteiger partial charge in [0.25, 0.3) is 11.5 Å². The Morgan fingerprint density at radius 3 is 2.09 bits per heavy atom. The van der Waals surface area contributed by atoms with Gasteiger partial charge >= 0.3 is 18.5 Å². The van der Waals surface area contributed by atoms with E-state index in [1.807, 2.05) is 5.32 Å². The van der Waals surface area contributed by atoms with E-state index in [-0.39, 0.29) is 44.9 Å². The minimum atomic E-state index is -5.29. The number of halogens is 8. The normalized spacial score (nSPS) is 12.7. The Kier molecular flexibility index (Phi) is 8.43. The second-order valence-electron chi connectivity index (χ2n) is 10.3. The lowest BCUT2D eigenvalue weighted by Gasteiger charge is -2.20. The molecule has 1 atom stereocenters. The maximum Gasteiger partial charge on any atom is 0.573 e. The van der Waals surface area contributed by atoms with Crippen molar-refractivity contribution in [2.75, 3.05) is 0 Å². The number of hydrogen-bond donors (Lipinski definition) is 2. The van der Waals surface area contributed by atoms with Crippen LogP contribution in [0.1, 0.15) is 21.5 Å². The zero-order valence-electron chi connectivity index (χ0n) is 23.8. The Morgan fingerprint density at radius 1 is 0.872 bits per heavy atom. The monoisotopic (exact) mass is 664 g/mol. The highest BCUT2D eigenvalue weighted by molar-refractivity contribution is 6.02. The third kappa shape index (κ3) is 6.46. The van der Waals surface area contributed by atoms with Crippen LogP contribution in [0.25, 0.3) is 32.8 Å². The van der Waals surface area contributed by atoms with Crippen LogP contribution in [0, 0.1) is 11.6 Å². The fraction of sp³-hybridized carbons (Fsp3) is 0.156.